The van der Waals surface area contributed by atoms with Crippen molar-refractivity contribution < 1.29 is 0 Å². The van der Waals surface area contributed by atoms with E-state index in [1.807, 2.05) is 5.51 Å². The van der Waals surface area contributed by atoms with Gasteiger partial charge in [-0.1, -0.05) is 6.92 Å². The molecular formula is C13H23N3S. The summed E-state index contributed by atoms with van der Waals surface area (Å²) in [6, 6.07) is 1.56. The van der Waals surface area contributed by atoms with Gasteiger partial charge in [0, 0.05) is 17.5 Å². The average molecular weight is 253 g/mol. The van der Waals surface area contributed by atoms with E-state index < -0.39 is 0 Å². The van der Waals surface area contributed by atoms with Crippen LogP contribution in [0.15, 0.2) is 10.9 Å². The van der Waals surface area contributed by atoms with Crippen molar-refractivity contribution >= 4 is 11.3 Å². The van der Waals surface area contributed by atoms with Crippen LogP contribution in [-0.2, 0) is 0 Å². The Bertz CT molecular complexity index is 317. The van der Waals surface area contributed by atoms with Gasteiger partial charge in [-0.15, -0.1) is 11.3 Å². The molecule has 0 spiro atoms. The Labute approximate surface area is 108 Å². The molecule has 96 valence electrons. The van der Waals surface area contributed by atoms with Crippen molar-refractivity contribution in [3.8, 4) is 0 Å². The second-order valence-corrected chi connectivity index (χ2v) is 5.71. The molecule has 0 aromatic carbocycles. The summed E-state index contributed by atoms with van der Waals surface area (Å²) in [6.45, 7) is 5.61. The number of nitrogens with two attached hydrogens (primary N) is 1. The third kappa shape index (κ3) is 3.06. The molecule has 2 N–H and O–H groups in total. The second-order valence-electron chi connectivity index (χ2n) is 4.99. The van der Waals surface area contributed by atoms with E-state index in [9.17, 15) is 0 Å². The molecule has 4 heteroatoms. The Kier molecular flexibility index (Phi) is 4.54. The van der Waals surface area contributed by atoms with E-state index in [1.54, 1.807) is 11.3 Å². The molecule has 1 atom stereocenters. The summed E-state index contributed by atoms with van der Waals surface area (Å²) in [4.78, 5) is 7.03. The number of hydrogen-bond donors (Lipinski definition) is 1. The van der Waals surface area contributed by atoms with Crippen LogP contribution in [0.5, 0.6) is 0 Å². The van der Waals surface area contributed by atoms with Gasteiger partial charge in [0.05, 0.1) is 17.2 Å². The van der Waals surface area contributed by atoms with E-state index in [1.165, 1.54) is 31.4 Å². The van der Waals surface area contributed by atoms with Crippen molar-refractivity contribution in [2.75, 3.05) is 6.54 Å². The summed E-state index contributed by atoms with van der Waals surface area (Å²) in [5.41, 5.74) is 9.12. The van der Waals surface area contributed by atoms with Crippen LogP contribution in [0.3, 0.4) is 0 Å². The van der Waals surface area contributed by atoms with Crippen LogP contribution in [0.4, 0.5) is 0 Å². The van der Waals surface area contributed by atoms with Gasteiger partial charge in [-0.3, -0.25) is 4.90 Å². The second kappa shape index (κ2) is 5.94. The molecule has 0 saturated heterocycles. The lowest BCUT2D eigenvalue weighted by molar-refractivity contribution is 0.112. The molecule has 1 fully saturated rings. The molecule has 0 aliphatic heterocycles. The predicted octanol–water partition coefficient (Wildman–Crippen LogP) is 2.80. The summed E-state index contributed by atoms with van der Waals surface area (Å²) in [7, 11) is 0. The van der Waals surface area contributed by atoms with Crippen LogP contribution < -0.4 is 5.73 Å². The maximum atomic E-state index is 5.98. The lowest BCUT2D eigenvalue weighted by Gasteiger charge is -2.38. The van der Waals surface area contributed by atoms with Crippen LogP contribution in [-0.4, -0.2) is 28.5 Å². The Morgan fingerprint density at radius 2 is 2.18 bits per heavy atom. The fourth-order valence-corrected chi connectivity index (χ4v) is 3.52. The molecule has 1 aliphatic carbocycles. The molecule has 0 bridgehead atoms. The number of nitrogens with zero attached hydrogens (tertiary/aromatic N) is 2. The van der Waals surface area contributed by atoms with Crippen LogP contribution in [0.25, 0.3) is 0 Å². The van der Waals surface area contributed by atoms with Crippen molar-refractivity contribution in [2.24, 2.45) is 5.73 Å². The smallest absolute Gasteiger partial charge is 0.0795 e. The first kappa shape index (κ1) is 13.0. The SMILES string of the molecule is CCN(C1CCC(N)CC1)C(C)c1cscn1. The molecule has 1 heterocycles. The van der Waals surface area contributed by atoms with E-state index in [0.29, 0.717) is 18.1 Å². The van der Waals surface area contributed by atoms with Gasteiger partial charge in [0.25, 0.3) is 0 Å². The van der Waals surface area contributed by atoms with Crippen molar-refractivity contribution in [3.63, 3.8) is 0 Å². The van der Waals surface area contributed by atoms with Crippen LogP contribution in [0.1, 0.15) is 51.3 Å². The first-order chi connectivity index (χ1) is 8.22. The van der Waals surface area contributed by atoms with E-state index in [0.717, 1.165) is 6.54 Å². The van der Waals surface area contributed by atoms with Gasteiger partial charge >= 0.3 is 0 Å². The lowest BCUT2D eigenvalue weighted by atomic mass is 9.90. The summed E-state index contributed by atoms with van der Waals surface area (Å²) in [6.07, 6.45) is 4.82. The predicted molar refractivity (Wildman–Crippen MR) is 73.1 cm³/mol. The van der Waals surface area contributed by atoms with Gasteiger partial charge in [0.15, 0.2) is 0 Å². The number of thiazole rings is 1. The minimum absolute atomic E-state index is 0.430. The third-order valence-corrected chi connectivity index (χ3v) is 4.56. The quantitative estimate of drug-likeness (QED) is 0.897. The molecule has 0 radical (unpaired) electrons. The van der Waals surface area contributed by atoms with Crippen LogP contribution >= 0.6 is 11.3 Å². The van der Waals surface area contributed by atoms with Crippen molar-refractivity contribution in [2.45, 2.75) is 57.7 Å². The molecule has 1 saturated carbocycles. The van der Waals surface area contributed by atoms with Crippen LogP contribution in [0, 0.1) is 0 Å². The summed E-state index contributed by atoms with van der Waals surface area (Å²) >= 11 is 1.69. The summed E-state index contributed by atoms with van der Waals surface area (Å²) in [5, 5.41) is 2.17. The minimum atomic E-state index is 0.430. The Morgan fingerprint density at radius 1 is 1.47 bits per heavy atom. The van der Waals surface area contributed by atoms with Gasteiger partial charge in [-0.2, -0.15) is 0 Å². The van der Waals surface area contributed by atoms with Gasteiger partial charge in [0.2, 0.25) is 0 Å². The standard InChI is InChI=1S/C13H23N3S/c1-3-16(10(2)13-8-17-9-15-13)12-6-4-11(14)5-7-12/h8-12H,3-7,14H2,1-2H3. The first-order valence-electron chi connectivity index (χ1n) is 6.61. The highest BCUT2D eigenvalue weighted by Gasteiger charge is 2.27. The van der Waals surface area contributed by atoms with Gasteiger partial charge < -0.3 is 5.73 Å². The van der Waals surface area contributed by atoms with Gasteiger partial charge in [-0.05, 0) is 39.2 Å². The molecule has 2 rings (SSSR count). The highest BCUT2D eigenvalue weighted by Crippen LogP contribution is 2.29. The molecule has 17 heavy (non-hydrogen) atoms. The fraction of sp³-hybridized carbons (Fsp3) is 0.769. The van der Waals surface area contributed by atoms with Crippen LogP contribution in [0.2, 0.25) is 0 Å². The first-order valence-corrected chi connectivity index (χ1v) is 7.56. The normalized spacial score (nSPS) is 27.3. The topological polar surface area (TPSA) is 42.1 Å². The molecule has 1 aromatic rings. The Balaban J connectivity index is 2.01. The molecule has 1 aromatic heterocycles. The highest BCUT2D eigenvalue weighted by molar-refractivity contribution is 7.07. The van der Waals surface area contributed by atoms with E-state index in [2.05, 4.69) is 29.1 Å². The Hall–Kier alpha value is -0.450. The number of aromatic nitrogens is 1. The van der Waals surface area contributed by atoms with Gasteiger partial charge in [0.1, 0.15) is 0 Å². The molecule has 3 nitrogen and oxygen atoms in total. The van der Waals surface area contributed by atoms with E-state index in [4.69, 9.17) is 5.73 Å². The molecular weight excluding hydrogens is 230 g/mol. The number of rotatable bonds is 4. The zero-order valence-corrected chi connectivity index (χ0v) is 11.6. The van der Waals surface area contributed by atoms with Crippen molar-refractivity contribution in [1.29, 1.82) is 0 Å². The zero-order valence-electron chi connectivity index (χ0n) is 10.8. The zero-order chi connectivity index (χ0) is 12.3. The molecule has 1 aliphatic rings. The monoisotopic (exact) mass is 253 g/mol. The maximum Gasteiger partial charge on any atom is 0.0795 e. The minimum Gasteiger partial charge on any atom is -0.328 e. The largest absolute Gasteiger partial charge is 0.328 e. The average Bonchev–Trinajstić information content (AvgIpc) is 2.86. The Morgan fingerprint density at radius 3 is 2.71 bits per heavy atom. The van der Waals surface area contributed by atoms with Gasteiger partial charge in [-0.25, -0.2) is 4.98 Å². The number of hydrogen-bond acceptors (Lipinski definition) is 4. The van der Waals surface area contributed by atoms with Crippen molar-refractivity contribution in [1.82, 2.24) is 9.88 Å². The highest BCUT2D eigenvalue weighted by atomic mass is 32.1. The lowest BCUT2D eigenvalue weighted by Crippen LogP contribution is -2.42. The summed E-state index contributed by atoms with van der Waals surface area (Å²) in [5.74, 6) is 0. The van der Waals surface area contributed by atoms with E-state index in [-0.39, 0.29) is 0 Å². The summed E-state index contributed by atoms with van der Waals surface area (Å²) < 4.78 is 0. The molecule has 0 amide bonds. The fourth-order valence-electron chi connectivity index (χ4n) is 2.88. The third-order valence-electron chi connectivity index (χ3n) is 3.95. The molecule has 1 unspecified atom stereocenters. The maximum absolute atomic E-state index is 5.98. The van der Waals surface area contributed by atoms with Crippen molar-refractivity contribution in [3.05, 3.63) is 16.6 Å². The van der Waals surface area contributed by atoms with E-state index >= 15 is 0 Å².